The summed E-state index contributed by atoms with van der Waals surface area (Å²) in [5, 5.41) is 0. The van der Waals surface area contributed by atoms with Crippen molar-refractivity contribution in [1.29, 1.82) is 0 Å². The number of nitrogen functional groups attached to an aromatic ring is 1. The van der Waals surface area contributed by atoms with Crippen molar-refractivity contribution in [3.63, 3.8) is 0 Å². The van der Waals surface area contributed by atoms with E-state index in [1.54, 1.807) is 0 Å². The van der Waals surface area contributed by atoms with Crippen LogP contribution in [0.15, 0.2) is 42.5 Å². The normalized spacial score (nSPS) is 12.3. The van der Waals surface area contributed by atoms with Gasteiger partial charge in [-0.05, 0) is 42.5 Å². The van der Waals surface area contributed by atoms with Gasteiger partial charge in [-0.3, -0.25) is 0 Å². The lowest BCUT2D eigenvalue weighted by atomic mass is 10.1. The quantitative estimate of drug-likeness (QED) is 0.617. The molecular formula is C14H9F6NO. The summed E-state index contributed by atoms with van der Waals surface area (Å²) in [6.45, 7) is 0. The van der Waals surface area contributed by atoms with Gasteiger partial charge in [-0.15, -0.1) is 0 Å². The number of nitrogens with two attached hydrogens (primary N) is 1. The van der Waals surface area contributed by atoms with Gasteiger partial charge in [-0.1, -0.05) is 0 Å². The van der Waals surface area contributed by atoms with Crippen molar-refractivity contribution < 1.29 is 31.1 Å². The largest absolute Gasteiger partial charge is 0.457 e. The summed E-state index contributed by atoms with van der Waals surface area (Å²) in [4.78, 5) is 0. The fourth-order valence-electron chi connectivity index (χ4n) is 1.68. The van der Waals surface area contributed by atoms with Crippen LogP contribution in [0, 0.1) is 0 Å². The van der Waals surface area contributed by atoms with Crippen LogP contribution in [0.4, 0.5) is 32.0 Å². The Morgan fingerprint density at radius 1 is 0.773 bits per heavy atom. The summed E-state index contributed by atoms with van der Waals surface area (Å²) < 4.78 is 81.4. The Balaban J connectivity index is 2.44. The first kappa shape index (κ1) is 16.0. The first-order chi connectivity index (χ1) is 10.1. The summed E-state index contributed by atoms with van der Waals surface area (Å²) in [5.41, 5.74) is 2.90. The summed E-state index contributed by atoms with van der Waals surface area (Å²) in [6.07, 6.45) is -9.86. The minimum atomic E-state index is -4.98. The highest BCUT2D eigenvalue weighted by Crippen LogP contribution is 2.41. The van der Waals surface area contributed by atoms with Crippen LogP contribution in [-0.2, 0) is 12.4 Å². The third-order valence-corrected chi connectivity index (χ3v) is 2.72. The molecule has 2 nitrogen and oxygen atoms in total. The highest BCUT2D eigenvalue weighted by Gasteiger charge is 2.39. The van der Waals surface area contributed by atoms with E-state index in [9.17, 15) is 26.3 Å². The van der Waals surface area contributed by atoms with E-state index in [1.165, 1.54) is 24.3 Å². The SMILES string of the molecule is Nc1ccc(Oc2ccc(C(F)(F)F)cc2C(F)(F)F)cc1. The molecule has 0 bridgehead atoms. The predicted molar refractivity (Wildman–Crippen MR) is 67.4 cm³/mol. The van der Waals surface area contributed by atoms with Crippen LogP contribution >= 0.6 is 0 Å². The molecule has 0 aliphatic rings. The van der Waals surface area contributed by atoms with Crippen molar-refractivity contribution >= 4 is 5.69 Å². The molecule has 8 heteroatoms. The number of hydrogen-bond acceptors (Lipinski definition) is 2. The van der Waals surface area contributed by atoms with Gasteiger partial charge in [0.25, 0.3) is 0 Å². The number of benzene rings is 2. The highest BCUT2D eigenvalue weighted by molar-refractivity contribution is 5.46. The Kier molecular flexibility index (Phi) is 3.95. The number of alkyl halides is 6. The second kappa shape index (κ2) is 5.43. The van der Waals surface area contributed by atoms with Crippen molar-refractivity contribution in [3.8, 4) is 11.5 Å². The minimum absolute atomic E-state index is 0.0205. The summed E-state index contributed by atoms with van der Waals surface area (Å²) in [5.74, 6) is -0.690. The predicted octanol–water partition coefficient (Wildman–Crippen LogP) is 5.10. The van der Waals surface area contributed by atoms with Crippen molar-refractivity contribution in [2.24, 2.45) is 0 Å². The van der Waals surface area contributed by atoms with Gasteiger partial charge in [0, 0.05) is 5.69 Å². The number of anilines is 1. The molecule has 0 saturated carbocycles. The van der Waals surface area contributed by atoms with Crippen LogP contribution in [0.3, 0.4) is 0 Å². The maximum atomic E-state index is 12.9. The fourth-order valence-corrected chi connectivity index (χ4v) is 1.68. The lowest BCUT2D eigenvalue weighted by molar-refractivity contribution is -0.143. The molecule has 118 valence electrons. The molecule has 0 fully saturated rings. The van der Waals surface area contributed by atoms with Gasteiger partial charge in [-0.2, -0.15) is 26.3 Å². The zero-order valence-corrected chi connectivity index (χ0v) is 10.8. The molecule has 0 amide bonds. The Labute approximate surface area is 121 Å². The van der Waals surface area contributed by atoms with Crippen molar-refractivity contribution in [3.05, 3.63) is 53.6 Å². The molecule has 0 unspecified atom stereocenters. The zero-order chi connectivity index (χ0) is 16.5. The van der Waals surface area contributed by atoms with Crippen molar-refractivity contribution in [1.82, 2.24) is 0 Å². The monoisotopic (exact) mass is 321 g/mol. The van der Waals surface area contributed by atoms with Gasteiger partial charge in [0.05, 0.1) is 11.1 Å². The number of halogens is 6. The number of hydrogen-bond donors (Lipinski definition) is 1. The van der Waals surface area contributed by atoms with Crippen molar-refractivity contribution in [2.75, 3.05) is 5.73 Å². The van der Waals surface area contributed by atoms with E-state index < -0.39 is 29.2 Å². The molecule has 0 radical (unpaired) electrons. The van der Waals surface area contributed by atoms with Gasteiger partial charge < -0.3 is 10.5 Å². The minimum Gasteiger partial charge on any atom is -0.457 e. The second-order valence-corrected chi connectivity index (χ2v) is 4.38. The first-order valence-corrected chi connectivity index (χ1v) is 5.89. The summed E-state index contributed by atoms with van der Waals surface area (Å²) in [6, 6.07) is 6.61. The van der Waals surface area contributed by atoms with Crippen molar-refractivity contribution in [2.45, 2.75) is 12.4 Å². The third kappa shape index (κ3) is 3.63. The molecule has 22 heavy (non-hydrogen) atoms. The van der Waals surface area contributed by atoms with Crippen LogP contribution in [0.25, 0.3) is 0 Å². The van der Waals surface area contributed by atoms with E-state index in [2.05, 4.69) is 0 Å². The zero-order valence-electron chi connectivity index (χ0n) is 10.8. The Hall–Kier alpha value is -2.38. The van der Waals surface area contributed by atoms with E-state index in [-0.39, 0.29) is 11.8 Å². The summed E-state index contributed by atoms with van der Waals surface area (Å²) in [7, 11) is 0. The van der Waals surface area contributed by atoms with E-state index in [0.717, 1.165) is 0 Å². The molecule has 2 aromatic rings. The molecule has 0 aliphatic carbocycles. The average Bonchev–Trinajstić information content (AvgIpc) is 2.39. The molecular weight excluding hydrogens is 312 g/mol. The summed E-state index contributed by atoms with van der Waals surface area (Å²) >= 11 is 0. The van der Waals surface area contributed by atoms with Crippen LogP contribution in [0.1, 0.15) is 11.1 Å². The van der Waals surface area contributed by atoms with Gasteiger partial charge in [0.2, 0.25) is 0 Å². The molecule has 2 aromatic carbocycles. The number of rotatable bonds is 2. The molecule has 0 saturated heterocycles. The average molecular weight is 321 g/mol. The smallest absolute Gasteiger partial charge is 0.420 e. The Morgan fingerprint density at radius 3 is 1.86 bits per heavy atom. The Morgan fingerprint density at radius 2 is 1.36 bits per heavy atom. The fraction of sp³-hybridized carbons (Fsp3) is 0.143. The van der Waals surface area contributed by atoms with Crippen LogP contribution in [0.5, 0.6) is 11.5 Å². The highest BCUT2D eigenvalue weighted by atomic mass is 19.4. The maximum Gasteiger partial charge on any atom is 0.420 e. The van der Waals surface area contributed by atoms with E-state index in [1.807, 2.05) is 0 Å². The molecule has 0 atom stereocenters. The van der Waals surface area contributed by atoms with Gasteiger partial charge in [-0.25, -0.2) is 0 Å². The standard InChI is InChI=1S/C14H9F6NO/c15-13(16,17)8-1-6-12(11(7-8)14(18,19)20)22-10-4-2-9(21)3-5-10/h1-7H,21H2. The van der Waals surface area contributed by atoms with Crippen LogP contribution in [-0.4, -0.2) is 0 Å². The van der Waals surface area contributed by atoms with Gasteiger partial charge >= 0.3 is 12.4 Å². The molecule has 2 rings (SSSR count). The van der Waals surface area contributed by atoms with E-state index in [0.29, 0.717) is 17.8 Å². The molecule has 0 spiro atoms. The Bertz CT molecular complexity index is 661. The second-order valence-electron chi connectivity index (χ2n) is 4.38. The molecule has 0 aromatic heterocycles. The van der Waals surface area contributed by atoms with E-state index >= 15 is 0 Å². The molecule has 0 heterocycles. The number of ether oxygens (including phenoxy) is 1. The maximum absolute atomic E-state index is 12.9. The molecule has 0 aliphatic heterocycles. The van der Waals surface area contributed by atoms with Gasteiger partial charge in [0.15, 0.2) is 0 Å². The van der Waals surface area contributed by atoms with Crippen LogP contribution < -0.4 is 10.5 Å². The molecule has 2 N–H and O–H groups in total. The first-order valence-electron chi connectivity index (χ1n) is 5.89. The third-order valence-electron chi connectivity index (χ3n) is 2.72. The van der Waals surface area contributed by atoms with Gasteiger partial charge in [0.1, 0.15) is 11.5 Å². The lowest BCUT2D eigenvalue weighted by Crippen LogP contribution is -2.11. The lowest BCUT2D eigenvalue weighted by Gasteiger charge is -2.16. The van der Waals surface area contributed by atoms with E-state index in [4.69, 9.17) is 10.5 Å². The topological polar surface area (TPSA) is 35.2 Å². The van der Waals surface area contributed by atoms with Crippen LogP contribution in [0.2, 0.25) is 0 Å².